The van der Waals surface area contributed by atoms with E-state index in [0.717, 1.165) is 17.0 Å². The van der Waals surface area contributed by atoms with E-state index >= 15 is 0 Å². The molecule has 0 saturated carbocycles. The predicted octanol–water partition coefficient (Wildman–Crippen LogP) is 3.18. The van der Waals surface area contributed by atoms with Crippen LogP contribution in [0.1, 0.15) is 19.4 Å². The van der Waals surface area contributed by atoms with Crippen LogP contribution in [0.5, 0.6) is 0 Å². The minimum absolute atomic E-state index is 0.145. The summed E-state index contributed by atoms with van der Waals surface area (Å²) in [5, 5.41) is 1.95. The molecule has 1 unspecified atom stereocenters. The zero-order valence-corrected chi connectivity index (χ0v) is 11.6. The predicted molar refractivity (Wildman–Crippen MR) is 75.9 cm³/mol. The van der Waals surface area contributed by atoms with Crippen molar-refractivity contribution >= 4 is 22.5 Å². The van der Waals surface area contributed by atoms with Gasteiger partial charge in [0.15, 0.2) is 0 Å². The van der Waals surface area contributed by atoms with Gasteiger partial charge < -0.3 is 15.0 Å². The van der Waals surface area contributed by atoms with E-state index in [9.17, 15) is 0 Å². The maximum atomic E-state index is 6.06. The Bertz CT molecular complexity index is 534. The van der Waals surface area contributed by atoms with Gasteiger partial charge in [-0.05, 0) is 38.0 Å². The fourth-order valence-corrected chi connectivity index (χ4v) is 2.31. The number of fused-ring (bicyclic) bond motifs is 1. The summed E-state index contributed by atoms with van der Waals surface area (Å²) < 4.78 is 7.56. The number of hydrogen-bond acceptors (Lipinski definition) is 2. The molecule has 2 rings (SSSR count). The number of rotatable bonds is 5. The number of nitrogens with two attached hydrogens (primary N) is 1. The van der Waals surface area contributed by atoms with Crippen LogP contribution in [-0.2, 0) is 17.9 Å². The van der Waals surface area contributed by atoms with Crippen LogP contribution in [0.4, 0.5) is 0 Å². The summed E-state index contributed by atoms with van der Waals surface area (Å²) in [5.74, 6) is 0. The Morgan fingerprint density at radius 1 is 1.44 bits per heavy atom. The molecule has 98 valence electrons. The van der Waals surface area contributed by atoms with Crippen LogP contribution in [0.2, 0.25) is 5.02 Å². The van der Waals surface area contributed by atoms with Gasteiger partial charge >= 0.3 is 0 Å². The van der Waals surface area contributed by atoms with Crippen LogP contribution in [0, 0.1) is 0 Å². The molecule has 0 radical (unpaired) electrons. The zero-order chi connectivity index (χ0) is 13.1. The highest BCUT2D eigenvalue weighted by Gasteiger charge is 2.10. The Hall–Kier alpha value is -1.03. The second-order valence-corrected chi connectivity index (χ2v) is 5.03. The molecular formula is C14H19ClN2O. The highest BCUT2D eigenvalue weighted by atomic mass is 35.5. The topological polar surface area (TPSA) is 40.2 Å². The highest BCUT2D eigenvalue weighted by molar-refractivity contribution is 6.31. The van der Waals surface area contributed by atoms with Crippen LogP contribution in [0.25, 0.3) is 10.9 Å². The van der Waals surface area contributed by atoms with Crippen molar-refractivity contribution < 1.29 is 4.74 Å². The van der Waals surface area contributed by atoms with Crippen molar-refractivity contribution in [2.45, 2.75) is 33.0 Å². The first kappa shape index (κ1) is 13.4. The number of ether oxygens (including phenoxy) is 1. The average molecular weight is 267 g/mol. The van der Waals surface area contributed by atoms with Crippen LogP contribution in [0.15, 0.2) is 24.4 Å². The van der Waals surface area contributed by atoms with Gasteiger partial charge in [-0.25, -0.2) is 0 Å². The monoisotopic (exact) mass is 266 g/mol. The number of nitrogens with zero attached hydrogens (tertiary/aromatic N) is 1. The molecule has 0 aliphatic carbocycles. The van der Waals surface area contributed by atoms with Gasteiger partial charge in [0.05, 0.1) is 5.52 Å². The van der Waals surface area contributed by atoms with Gasteiger partial charge in [-0.15, -0.1) is 0 Å². The lowest BCUT2D eigenvalue weighted by Gasteiger charge is -2.04. The maximum absolute atomic E-state index is 6.06. The van der Waals surface area contributed by atoms with Gasteiger partial charge in [-0.2, -0.15) is 0 Å². The first-order valence-electron chi connectivity index (χ1n) is 6.22. The van der Waals surface area contributed by atoms with Crippen molar-refractivity contribution in [1.29, 1.82) is 0 Å². The van der Waals surface area contributed by atoms with Crippen LogP contribution < -0.4 is 5.73 Å². The molecule has 3 nitrogen and oxygen atoms in total. The smallest absolute Gasteiger partial charge is 0.122 e. The van der Waals surface area contributed by atoms with E-state index in [1.165, 1.54) is 10.9 Å². The van der Waals surface area contributed by atoms with Crippen molar-refractivity contribution in [3.05, 3.63) is 35.0 Å². The molecule has 1 aromatic heterocycles. The van der Waals surface area contributed by atoms with Gasteiger partial charge in [0.25, 0.3) is 0 Å². The molecule has 2 N–H and O–H groups in total. The summed E-state index contributed by atoms with van der Waals surface area (Å²) >= 11 is 6.06. The fourth-order valence-electron chi connectivity index (χ4n) is 2.15. The SMILES string of the molecule is CCOCn1cc(CC(C)N)c2ccc(Cl)cc21. The maximum Gasteiger partial charge on any atom is 0.122 e. The third kappa shape index (κ3) is 2.86. The van der Waals surface area contributed by atoms with Gasteiger partial charge in [-0.1, -0.05) is 17.7 Å². The minimum atomic E-state index is 0.145. The summed E-state index contributed by atoms with van der Waals surface area (Å²) in [6.07, 6.45) is 2.97. The molecule has 0 fully saturated rings. The first-order chi connectivity index (χ1) is 8.61. The summed E-state index contributed by atoms with van der Waals surface area (Å²) in [4.78, 5) is 0. The second-order valence-electron chi connectivity index (χ2n) is 4.59. The molecule has 4 heteroatoms. The average Bonchev–Trinajstić information content (AvgIpc) is 2.63. The molecule has 0 bridgehead atoms. The lowest BCUT2D eigenvalue weighted by molar-refractivity contribution is 0.0908. The quantitative estimate of drug-likeness (QED) is 0.903. The van der Waals surface area contributed by atoms with Gasteiger partial charge in [-0.3, -0.25) is 0 Å². The number of benzene rings is 1. The van der Waals surface area contributed by atoms with Crippen molar-refractivity contribution in [2.75, 3.05) is 6.61 Å². The molecule has 18 heavy (non-hydrogen) atoms. The Labute approximate surface area is 112 Å². The number of hydrogen-bond donors (Lipinski definition) is 1. The van der Waals surface area contributed by atoms with Crippen LogP contribution >= 0.6 is 11.6 Å². The van der Waals surface area contributed by atoms with Gasteiger partial charge in [0, 0.05) is 29.3 Å². The molecule has 0 spiro atoms. The summed E-state index contributed by atoms with van der Waals surface area (Å²) in [5.41, 5.74) is 8.24. The number of aromatic nitrogens is 1. The second kappa shape index (κ2) is 5.74. The largest absolute Gasteiger partial charge is 0.361 e. The van der Waals surface area contributed by atoms with E-state index in [-0.39, 0.29) is 6.04 Å². The standard InChI is InChI=1S/C14H19ClN2O/c1-3-18-9-17-8-11(6-10(2)16)13-5-4-12(15)7-14(13)17/h4-5,7-8,10H,3,6,9,16H2,1-2H3. The zero-order valence-electron chi connectivity index (χ0n) is 10.8. The first-order valence-corrected chi connectivity index (χ1v) is 6.60. The third-order valence-electron chi connectivity index (χ3n) is 2.90. The third-order valence-corrected chi connectivity index (χ3v) is 3.14. The molecule has 0 saturated heterocycles. The van der Waals surface area contributed by atoms with Crippen molar-refractivity contribution in [3.8, 4) is 0 Å². The number of halogens is 1. The van der Waals surface area contributed by atoms with Gasteiger partial charge in [0.1, 0.15) is 6.73 Å². The van der Waals surface area contributed by atoms with Crippen LogP contribution in [0.3, 0.4) is 0 Å². The van der Waals surface area contributed by atoms with Crippen molar-refractivity contribution in [2.24, 2.45) is 5.73 Å². The highest BCUT2D eigenvalue weighted by Crippen LogP contribution is 2.25. The Morgan fingerprint density at radius 2 is 2.22 bits per heavy atom. The molecular weight excluding hydrogens is 248 g/mol. The van der Waals surface area contributed by atoms with E-state index in [1.807, 2.05) is 26.0 Å². The normalized spacial score (nSPS) is 13.1. The molecule has 2 aromatic rings. The summed E-state index contributed by atoms with van der Waals surface area (Å²) in [6, 6.07) is 6.09. The van der Waals surface area contributed by atoms with E-state index in [4.69, 9.17) is 22.1 Å². The minimum Gasteiger partial charge on any atom is -0.361 e. The molecule has 1 heterocycles. The van der Waals surface area contributed by atoms with E-state index in [1.54, 1.807) is 0 Å². The summed E-state index contributed by atoms with van der Waals surface area (Å²) in [7, 11) is 0. The lowest BCUT2D eigenvalue weighted by atomic mass is 10.1. The van der Waals surface area contributed by atoms with Crippen LogP contribution in [-0.4, -0.2) is 17.2 Å². The van der Waals surface area contributed by atoms with E-state index < -0.39 is 0 Å². The molecule has 0 amide bonds. The van der Waals surface area contributed by atoms with Gasteiger partial charge in [0.2, 0.25) is 0 Å². The van der Waals surface area contributed by atoms with E-state index in [2.05, 4.69) is 16.8 Å². The van der Waals surface area contributed by atoms with Crippen molar-refractivity contribution in [1.82, 2.24) is 4.57 Å². The molecule has 0 aliphatic rings. The Balaban J connectivity index is 2.45. The Kier molecular flexibility index (Phi) is 4.27. The lowest BCUT2D eigenvalue weighted by Crippen LogP contribution is -2.17. The summed E-state index contributed by atoms with van der Waals surface area (Å²) in [6.45, 7) is 5.25. The van der Waals surface area contributed by atoms with E-state index in [0.29, 0.717) is 13.3 Å². The molecule has 0 aliphatic heterocycles. The molecule has 1 aromatic carbocycles. The van der Waals surface area contributed by atoms with Crippen molar-refractivity contribution in [3.63, 3.8) is 0 Å². The Morgan fingerprint density at radius 3 is 2.89 bits per heavy atom. The fraction of sp³-hybridized carbons (Fsp3) is 0.429. The molecule has 1 atom stereocenters.